The van der Waals surface area contributed by atoms with Crippen LogP contribution < -0.4 is 5.32 Å². The van der Waals surface area contributed by atoms with Gasteiger partial charge in [0.05, 0.1) is 16.9 Å². The molecule has 0 bridgehead atoms. The van der Waals surface area contributed by atoms with E-state index >= 15 is 0 Å². The van der Waals surface area contributed by atoms with Crippen LogP contribution in [0.1, 0.15) is 11.1 Å². The zero-order valence-electron chi connectivity index (χ0n) is 9.37. The summed E-state index contributed by atoms with van der Waals surface area (Å²) in [7, 11) is 1.94. The van der Waals surface area contributed by atoms with Gasteiger partial charge in [-0.1, -0.05) is 23.7 Å². The van der Waals surface area contributed by atoms with Gasteiger partial charge >= 0.3 is 0 Å². The number of nitrogens with zero attached hydrogens (tertiary/aromatic N) is 2. The molecule has 0 unspecified atom stereocenters. The van der Waals surface area contributed by atoms with E-state index in [0.717, 1.165) is 12.2 Å². The van der Waals surface area contributed by atoms with Gasteiger partial charge in [-0.3, -0.25) is 0 Å². The maximum absolute atomic E-state index is 5.85. The van der Waals surface area contributed by atoms with Crippen molar-refractivity contribution < 1.29 is 0 Å². The fourth-order valence-electron chi connectivity index (χ4n) is 1.72. The molecule has 16 heavy (non-hydrogen) atoms. The van der Waals surface area contributed by atoms with Gasteiger partial charge in [0.25, 0.3) is 0 Å². The summed E-state index contributed by atoms with van der Waals surface area (Å²) < 4.78 is 1.79. The summed E-state index contributed by atoms with van der Waals surface area (Å²) in [4.78, 5) is 0. The van der Waals surface area contributed by atoms with E-state index in [0.29, 0.717) is 5.02 Å². The van der Waals surface area contributed by atoms with Gasteiger partial charge in [-0.2, -0.15) is 5.10 Å². The summed E-state index contributed by atoms with van der Waals surface area (Å²) in [6.45, 7) is 2.95. The molecule has 1 aromatic heterocycles. The monoisotopic (exact) mass is 235 g/mol. The Kier molecular flexibility index (Phi) is 3.27. The maximum Gasteiger partial charge on any atom is 0.0790 e. The highest BCUT2D eigenvalue weighted by molar-refractivity contribution is 6.30. The SMILES string of the molecule is CNCc1ccc(-n2cc(Cl)cn2)c(C)c1. The van der Waals surface area contributed by atoms with Crippen molar-refractivity contribution in [3.63, 3.8) is 0 Å². The van der Waals surface area contributed by atoms with E-state index in [-0.39, 0.29) is 0 Å². The molecule has 0 amide bonds. The van der Waals surface area contributed by atoms with Crippen LogP contribution in [0, 0.1) is 6.92 Å². The van der Waals surface area contributed by atoms with E-state index < -0.39 is 0 Å². The van der Waals surface area contributed by atoms with Crippen LogP contribution in [0.3, 0.4) is 0 Å². The molecule has 4 heteroatoms. The van der Waals surface area contributed by atoms with Crippen molar-refractivity contribution in [1.82, 2.24) is 15.1 Å². The Morgan fingerprint density at radius 3 is 2.81 bits per heavy atom. The van der Waals surface area contributed by atoms with Crippen LogP contribution in [0.25, 0.3) is 5.69 Å². The molecule has 0 saturated carbocycles. The number of hydrogen-bond donors (Lipinski definition) is 1. The van der Waals surface area contributed by atoms with Crippen LogP contribution in [0.15, 0.2) is 30.6 Å². The summed E-state index contributed by atoms with van der Waals surface area (Å²) in [5.41, 5.74) is 3.52. The van der Waals surface area contributed by atoms with E-state index in [1.807, 2.05) is 13.2 Å². The van der Waals surface area contributed by atoms with Crippen LogP contribution in [0.5, 0.6) is 0 Å². The molecule has 1 aromatic carbocycles. The molecule has 0 aliphatic heterocycles. The van der Waals surface area contributed by atoms with Gasteiger partial charge in [-0.15, -0.1) is 0 Å². The van der Waals surface area contributed by atoms with Crippen LogP contribution >= 0.6 is 11.6 Å². The molecular weight excluding hydrogens is 222 g/mol. The predicted octanol–water partition coefficient (Wildman–Crippen LogP) is 2.55. The summed E-state index contributed by atoms with van der Waals surface area (Å²) in [6.07, 6.45) is 3.45. The second kappa shape index (κ2) is 4.68. The molecule has 1 N–H and O–H groups in total. The highest BCUT2D eigenvalue weighted by Crippen LogP contribution is 2.17. The highest BCUT2D eigenvalue weighted by Gasteiger charge is 2.03. The molecule has 2 aromatic rings. The topological polar surface area (TPSA) is 29.9 Å². The summed E-state index contributed by atoms with van der Waals surface area (Å²) >= 11 is 5.85. The van der Waals surface area contributed by atoms with Crippen molar-refractivity contribution in [2.24, 2.45) is 0 Å². The Hall–Kier alpha value is -1.32. The largest absolute Gasteiger partial charge is 0.316 e. The molecule has 0 fully saturated rings. The van der Waals surface area contributed by atoms with Crippen LogP contribution in [-0.2, 0) is 6.54 Å². The molecule has 0 spiro atoms. The van der Waals surface area contributed by atoms with E-state index in [4.69, 9.17) is 11.6 Å². The second-order valence-electron chi connectivity index (χ2n) is 3.75. The molecular formula is C12H14ClN3. The van der Waals surface area contributed by atoms with E-state index in [2.05, 4.69) is 35.5 Å². The molecule has 0 saturated heterocycles. The number of rotatable bonds is 3. The summed E-state index contributed by atoms with van der Waals surface area (Å²) in [6, 6.07) is 6.31. The van der Waals surface area contributed by atoms with Gasteiger partial charge < -0.3 is 5.32 Å². The Morgan fingerprint density at radius 1 is 1.44 bits per heavy atom. The fraction of sp³-hybridized carbons (Fsp3) is 0.250. The molecule has 0 aliphatic rings. The zero-order valence-corrected chi connectivity index (χ0v) is 10.1. The lowest BCUT2D eigenvalue weighted by Gasteiger charge is -2.08. The molecule has 2 rings (SSSR count). The van der Waals surface area contributed by atoms with Crippen LogP contribution in [0.4, 0.5) is 0 Å². The number of aromatic nitrogens is 2. The molecule has 84 valence electrons. The lowest BCUT2D eigenvalue weighted by atomic mass is 10.1. The minimum Gasteiger partial charge on any atom is -0.316 e. The smallest absolute Gasteiger partial charge is 0.0790 e. The van der Waals surface area contributed by atoms with Gasteiger partial charge in [0, 0.05) is 12.7 Å². The molecule has 0 radical (unpaired) electrons. The maximum atomic E-state index is 5.85. The van der Waals surface area contributed by atoms with Crippen molar-refractivity contribution in [2.45, 2.75) is 13.5 Å². The van der Waals surface area contributed by atoms with Crippen molar-refractivity contribution in [2.75, 3.05) is 7.05 Å². The van der Waals surface area contributed by atoms with Crippen molar-refractivity contribution in [3.05, 3.63) is 46.7 Å². The average molecular weight is 236 g/mol. The summed E-state index contributed by atoms with van der Waals surface area (Å²) in [5, 5.41) is 7.97. The Morgan fingerprint density at radius 2 is 2.25 bits per heavy atom. The minimum atomic E-state index is 0.652. The second-order valence-corrected chi connectivity index (χ2v) is 4.19. The van der Waals surface area contributed by atoms with Gasteiger partial charge in [-0.25, -0.2) is 4.68 Å². The van der Waals surface area contributed by atoms with Gasteiger partial charge in [0.15, 0.2) is 0 Å². The van der Waals surface area contributed by atoms with Gasteiger partial charge in [-0.05, 0) is 31.2 Å². The van der Waals surface area contributed by atoms with E-state index in [1.54, 1.807) is 10.9 Å². The number of nitrogens with one attached hydrogen (secondary N) is 1. The minimum absolute atomic E-state index is 0.652. The van der Waals surface area contributed by atoms with Crippen LogP contribution in [0.2, 0.25) is 5.02 Å². The Balaban J connectivity index is 2.36. The normalized spacial score (nSPS) is 10.7. The van der Waals surface area contributed by atoms with Crippen molar-refractivity contribution >= 4 is 11.6 Å². The number of benzene rings is 1. The molecule has 0 atom stereocenters. The Labute approximate surface area is 100 Å². The van der Waals surface area contributed by atoms with Gasteiger partial charge in [0.1, 0.15) is 0 Å². The molecule has 3 nitrogen and oxygen atoms in total. The quantitative estimate of drug-likeness (QED) is 0.886. The average Bonchev–Trinajstić information content (AvgIpc) is 2.65. The first kappa shape index (κ1) is 11.2. The lowest BCUT2D eigenvalue weighted by molar-refractivity contribution is 0.813. The first-order valence-electron chi connectivity index (χ1n) is 5.15. The summed E-state index contributed by atoms with van der Waals surface area (Å²) in [5.74, 6) is 0. The van der Waals surface area contributed by atoms with Crippen LogP contribution in [-0.4, -0.2) is 16.8 Å². The van der Waals surface area contributed by atoms with E-state index in [1.165, 1.54) is 11.1 Å². The lowest BCUT2D eigenvalue weighted by Crippen LogP contribution is -2.06. The zero-order chi connectivity index (χ0) is 11.5. The first-order chi connectivity index (χ1) is 7.70. The fourth-order valence-corrected chi connectivity index (χ4v) is 1.86. The van der Waals surface area contributed by atoms with Gasteiger partial charge in [0.2, 0.25) is 0 Å². The standard InChI is InChI=1S/C12H14ClN3/c1-9-5-10(6-14-2)3-4-12(9)16-8-11(13)7-15-16/h3-5,7-8,14H,6H2,1-2H3. The number of aryl methyl sites for hydroxylation is 1. The van der Waals surface area contributed by atoms with Crippen molar-refractivity contribution in [3.8, 4) is 5.69 Å². The predicted molar refractivity (Wildman–Crippen MR) is 66.1 cm³/mol. The molecule has 1 heterocycles. The third-order valence-corrected chi connectivity index (χ3v) is 2.64. The Bertz CT molecular complexity index is 491. The number of halogens is 1. The third kappa shape index (κ3) is 2.26. The third-order valence-electron chi connectivity index (χ3n) is 2.44. The number of hydrogen-bond acceptors (Lipinski definition) is 2. The van der Waals surface area contributed by atoms with Crippen molar-refractivity contribution in [1.29, 1.82) is 0 Å². The first-order valence-corrected chi connectivity index (χ1v) is 5.53. The highest BCUT2D eigenvalue weighted by atomic mass is 35.5. The molecule has 0 aliphatic carbocycles. The van der Waals surface area contributed by atoms with E-state index in [9.17, 15) is 0 Å².